The lowest BCUT2D eigenvalue weighted by Gasteiger charge is -2.25. The zero-order valence-corrected chi connectivity index (χ0v) is 11.9. The Morgan fingerprint density at radius 1 is 1.13 bits per heavy atom. The van der Waals surface area contributed by atoms with Crippen molar-refractivity contribution < 1.29 is 0 Å². The van der Waals surface area contributed by atoms with Crippen LogP contribution in [0.2, 0.25) is 0 Å². The quantitative estimate of drug-likeness (QED) is 0.810. The lowest BCUT2D eigenvalue weighted by Crippen LogP contribution is -2.24. The molecule has 0 aliphatic heterocycles. The monoisotopic (exact) mass is 317 g/mol. The predicted molar refractivity (Wildman–Crippen MR) is 75.0 cm³/mol. The lowest BCUT2D eigenvalue weighted by molar-refractivity contribution is 0.359. The highest BCUT2D eigenvalue weighted by molar-refractivity contribution is 14.1. The van der Waals surface area contributed by atoms with Gasteiger partial charge in [0.2, 0.25) is 0 Å². The topological polar surface area (TPSA) is 12.0 Å². The molecule has 0 heterocycles. The van der Waals surface area contributed by atoms with E-state index in [4.69, 9.17) is 0 Å². The van der Waals surface area contributed by atoms with Gasteiger partial charge in [-0.25, -0.2) is 0 Å². The van der Waals surface area contributed by atoms with Crippen molar-refractivity contribution in [3.63, 3.8) is 0 Å². The van der Waals surface area contributed by atoms with E-state index < -0.39 is 0 Å². The first kappa shape index (κ1) is 13.0. The molecule has 0 aliphatic carbocycles. The number of hydrogen-bond donors (Lipinski definition) is 1. The van der Waals surface area contributed by atoms with E-state index in [1.165, 1.54) is 22.0 Å². The Hall–Kier alpha value is -0.0900. The Morgan fingerprint density at radius 2 is 1.67 bits per heavy atom. The van der Waals surface area contributed by atoms with Crippen molar-refractivity contribution in [1.29, 1.82) is 0 Å². The van der Waals surface area contributed by atoms with E-state index >= 15 is 0 Å². The summed E-state index contributed by atoms with van der Waals surface area (Å²) in [7, 11) is 2.06. The second-order valence-electron chi connectivity index (χ2n) is 3.89. The molecule has 0 radical (unpaired) electrons. The van der Waals surface area contributed by atoms with Crippen LogP contribution in [0, 0.1) is 9.49 Å². The molecule has 0 fully saturated rings. The Kier molecular flexibility index (Phi) is 5.61. The van der Waals surface area contributed by atoms with Crippen molar-refractivity contribution >= 4 is 22.6 Å². The molecule has 0 aliphatic rings. The summed E-state index contributed by atoms with van der Waals surface area (Å²) in [4.78, 5) is 0. The third kappa shape index (κ3) is 3.45. The Labute approximate surface area is 107 Å². The molecule has 1 nitrogen and oxygen atoms in total. The molecular weight excluding hydrogens is 297 g/mol. The van der Waals surface area contributed by atoms with Crippen LogP contribution >= 0.6 is 22.6 Å². The summed E-state index contributed by atoms with van der Waals surface area (Å²) in [5, 5.41) is 3.44. The van der Waals surface area contributed by atoms with Crippen LogP contribution < -0.4 is 5.32 Å². The van der Waals surface area contributed by atoms with E-state index in [1.54, 1.807) is 0 Å². The molecule has 84 valence electrons. The molecule has 1 aromatic carbocycles. The fourth-order valence-corrected chi connectivity index (χ4v) is 2.46. The fourth-order valence-electron chi connectivity index (χ4n) is 2.10. The standard InChI is InChI=1S/C13H20IN/c1-4-10(5-2)13(15-3)11-6-8-12(14)9-7-11/h6-10,13,15H,4-5H2,1-3H3. The van der Waals surface area contributed by atoms with Crippen LogP contribution in [0.5, 0.6) is 0 Å². The summed E-state index contributed by atoms with van der Waals surface area (Å²) >= 11 is 2.35. The predicted octanol–water partition coefficient (Wildman–Crippen LogP) is 3.99. The molecule has 1 rings (SSSR count). The summed E-state index contributed by atoms with van der Waals surface area (Å²) in [5.41, 5.74) is 1.41. The number of halogens is 1. The Bertz CT molecular complexity index is 277. The zero-order chi connectivity index (χ0) is 11.3. The van der Waals surface area contributed by atoms with Crippen LogP contribution in [0.4, 0.5) is 0 Å². The van der Waals surface area contributed by atoms with E-state index in [0.29, 0.717) is 6.04 Å². The Morgan fingerprint density at radius 3 is 2.07 bits per heavy atom. The summed E-state index contributed by atoms with van der Waals surface area (Å²) < 4.78 is 1.30. The molecule has 2 heteroatoms. The molecule has 0 saturated carbocycles. The lowest BCUT2D eigenvalue weighted by atomic mass is 9.89. The highest BCUT2D eigenvalue weighted by atomic mass is 127. The molecule has 0 aromatic heterocycles. The number of benzene rings is 1. The minimum absolute atomic E-state index is 0.497. The van der Waals surface area contributed by atoms with E-state index in [-0.39, 0.29) is 0 Å². The van der Waals surface area contributed by atoms with Crippen molar-refractivity contribution in [2.45, 2.75) is 32.7 Å². The van der Waals surface area contributed by atoms with E-state index in [1.807, 2.05) is 0 Å². The highest BCUT2D eigenvalue weighted by Crippen LogP contribution is 2.27. The second kappa shape index (κ2) is 6.48. The summed E-state index contributed by atoms with van der Waals surface area (Å²) in [6.07, 6.45) is 2.46. The third-order valence-electron chi connectivity index (χ3n) is 3.06. The van der Waals surface area contributed by atoms with Gasteiger partial charge in [-0.1, -0.05) is 38.8 Å². The first-order valence-corrected chi connectivity index (χ1v) is 6.73. The minimum Gasteiger partial charge on any atom is -0.313 e. The van der Waals surface area contributed by atoms with Gasteiger partial charge in [0.25, 0.3) is 0 Å². The molecule has 0 bridgehead atoms. The first-order chi connectivity index (χ1) is 7.22. The van der Waals surface area contributed by atoms with Gasteiger partial charge in [0.15, 0.2) is 0 Å². The maximum Gasteiger partial charge on any atom is 0.0345 e. The summed E-state index contributed by atoms with van der Waals surface area (Å²) in [6.45, 7) is 4.54. The molecule has 1 N–H and O–H groups in total. The van der Waals surface area contributed by atoms with Gasteiger partial charge in [0.1, 0.15) is 0 Å². The van der Waals surface area contributed by atoms with Crippen LogP contribution in [0.25, 0.3) is 0 Å². The molecule has 0 saturated heterocycles. The van der Waals surface area contributed by atoms with Crippen LogP contribution in [-0.4, -0.2) is 7.05 Å². The normalized spacial score (nSPS) is 13.1. The van der Waals surface area contributed by atoms with Crippen molar-refractivity contribution in [3.8, 4) is 0 Å². The number of rotatable bonds is 5. The van der Waals surface area contributed by atoms with Crippen molar-refractivity contribution in [3.05, 3.63) is 33.4 Å². The average Bonchev–Trinajstić information content (AvgIpc) is 2.27. The van der Waals surface area contributed by atoms with Crippen LogP contribution in [-0.2, 0) is 0 Å². The third-order valence-corrected chi connectivity index (χ3v) is 3.78. The summed E-state index contributed by atoms with van der Waals surface area (Å²) in [5.74, 6) is 0.732. The zero-order valence-electron chi connectivity index (χ0n) is 9.76. The summed E-state index contributed by atoms with van der Waals surface area (Å²) in [6, 6.07) is 9.34. The number of hydrogen-bond acceptors (Lipinski definition) is 1. The van der Waals surface area contributed by atoms with Crippen molar-refractivity contribution in [2.75, 3.05) is 7.05 Å². The molecule has 0 amide bonds. The van der Waals surface area contributed by atoms with Gasteiger partial charge >= 0.3 is 0 Å². The molecule has 15 heavy (non-hydrogen) atoms. The number of nitrogens with one attached hydrogen (secondary N) is 1. The van der Waals surface area contributed by atoms with Gasteiger partial charge in [0, 0.05) is 9.61 Å². The fraction of sp³-hybridized carbons (Fsp3) is 0.538. The van der Waals surface area contributed by atoms with Gasteiger partial charge in [-0.05, 0) is 53.3 Å². The van der Waals surface area contributed by atoms with Crippen LogP contribution in [0.15, 0.2) is 24.3 Å². The average molecular weight is 317 g/mol. The minimum atomic E-state index is 0.497. The molecule has 1 atom stereocenters. The maximum atomic E-state index is 3.44. The van der Waals surface area contributed by atoms with E-state index in [2.05, 4.69) is 73.1 Å². The van der Waals surface area contributed by atoms with Crippen molar-refractivity contribution in [1.82, 2.24) is 5.32 Å². The largest absolute Gasteiger partial charge is 0.313 e. The van der Waals surface area contributed by atoms with Gasteiger partial charge in [-0.3, -0.25) is 0 Å². The Balaban J connectivity index is 2.86. The molecule has 1 aromatic rings. The first-order valence-electron chi connectivity index (χ1n) is 5.65. The van der Waals surface area contributed by atoms with Crippen LogP contribution in [0.3, 0.4) is 0 Å². The van der Waals surface area contributed by atoms with E-state index in [0.717, 1.165) is 5.92 Å². The molecular formula is C13H20IN. The van der Waals surface area contributed by atoms with Crippen molar-refractivity contribution in [2.24, 2.45) is 5.92 Å². The highest BCUT2D eigenvalue weighted by Gasteiger charge is 2.17. The van der Waals surface area contributed by atoms with E-state index in [9.17, 15) is 0 Å². The maximum absolute atomic E-state index is 3.44. The van der Waals surface area contributed by atoms with Gasteiger partial charge in [-0.15, -0.1) is 0 Å². The second-order valence-corrected chi connectivity index (χ2v) is 5.14. The van der Waals surface area contributed by atoms with Gasteiger partial charge < -0.3 is 5.32 Å². The van der Waals surface area contributed by atoms with Gasteiger partial charge in [0.05, 0.1) is 0 Å². The van der Waals surface area contributed by atoms with Gasteiger partial charge in [-0.2, -0.15) is 0 Å². The smallest absolute Gasteiger partial charge is 0.0345 e. The molecule has 0 spiro atoms. The molecule has 1 unspecified atom stereocenters. The SMILES string of the molecule is CCC(CC)C(NC)c1ccc(I)cc1. The van der Waals surface area contributed by atoms with Crippen LogP contribution in [0.1, 0.15) is 38.3 Å².